The molecule has 0 radical (unpaired) electrons. The van der Waals surface area contributed by atoms with Crippen molar-refractivity contribution < 1.29 is 33.3 Å². The first kappa shape index (κ1) is 25.7. The van der Waals surface area contributed by atoms with Crippen LogP contribution in [0.2, 0.25) is 0 Å². The van der Waals surface area contributed by atoms with Crippen molar-refractivity contribution in [3.8, 4) is 17.2 Å². The highest BCUT2D eigenvalue weighted by Gasteiger charge is 2.30. The number of carbonyl (C=O) groups excluding carboxylic acids is 2. The second-order valence-electron chi connectivity index (χ2n) is 8.23. The molecule has 3 aromatic rings. The maximum atomic E-state index is 13.7. The number of aromatic hydroxyl groups is 1. The SMILES string of the molecule is COc1ccnc(C(=O)C[C@@H](C)C(=O)O[C@@H](C)[C@H](Oc2ccccc2)c2ccc(F)cc2C)c1O. The number of hydrogen-bond donors (Lipinski definition) is 1. The number of pyridine rings is 1. The largest absolute Gasteiger partial charge is 0.503 e. The third kappa shape index (κ3) is 6.35. The summed E-state index contributed by atoms with van der Waals surface area (Å²) >= 11 is 0. The minimum Gasteiger partial charge on any atom is -0.503 e. The highest BCUT2D eigenvalue weighted by atomic mass is 19.1. The molecule has 0 saturated heterocycles. The topological polar surface area (TPSA) is 95.0 Å². The van der Waals surface area contributed by atoms with E-state index in [0.717, 1.165) is 0 Å². The van der Waals surface area contributed by atoms with E-state index in [-0.39, 0.29) is 29.4 Å². The van der Waals surface area contributed by atoms with Gasteiger partial charge in [0.15, 0.2) is 29.1 Å². The van der Waals surface area contributed by atoms with Crippen molar-refractivity contribution in [1.82, 2.24) is 4.98 Å². The summed E-state index contributed by atoms with van der Waals surface area (Å²) in [6.07, 6.45) is -0.353. The molecule has 0 aliphatic rings. The van der Waals surface area contributed by atoms with Gasteiger partial charge in [0.1, 0.15) is 17.7 Å². The van der Waals surface area contributed by atoms with E-state index in [1.807, 2.05) is 18.2 Å². The Morgan fingerprint density at radius 1 is 1.09 bits per heavy atom. The van der Waals surface area contributed by atoms with Gasteiger partial charge in [0, 0.05) is 18.7 Å². The van der Waals surface area contributed by atoms with Crippen LogP contribution in [0.25, 0.3) is 0 Å². The van der Waals surface area contributed by atoms with Gasteiger partial charge in [-0.05, 0) is 49.2 Å². The molecule has 2 aromatic carbocycles. The number of ketones is 1. The lowest BCUT2D eigenvalue weighted by Gasteiger charge is -2.27. The van der Waals surface area contributed by atoms with Gasteiger partial charge in [0.25, 0.3) is 0 Å². The van der Waals surface area contributed by atoms with Crippen LogP contribution in [-0.2, 0) is 9.53 Å². The summed E-state index contributed by atoms with van der Waals surface area (Å²) in [5.74, 6) is -2.04. The summed E-state index contributed by atoms with van der Waals surface area (Å²) in [7, 11) is 1.36. The van der Waals surface area contributed by atoms with E-state index in [4.69, 9.17) is 14.2 Å². The number of Topliss-reactive ketones (excluding diaryl/α,β-unsaturated/α-hetero) is 1. The van der Waals surface area contributed by atoms with Crippen LogP contribution in [0.3, 0.4) is 0 Å². The van der Waals surface area contributed by atoms with Crippen LogP contribution >= 0.6 is 0 Å². The van der Waals surface area contributed by atoms with Crippen LogP contribution in [-0.4, -0.2) is 35.1 Å². The molecule has 7 nitrogen and oxygen atoms in total. The van der Waals surface area contributed by atoms with Gasteiger partial charge in [-0.2, -0.15) is 0 Å². The number of benzene rings is 2. The van der Waals surface area contributed by atoms with Crippen molar-refractivity contribution in [2.45, 2.75) is 39.4 Å². The monoisotopic (exact) mass is 481 g/mol. The van der Waals surface area contributed by atoms with Crippen molar-refractivity contribution >= 4 is 11.8 Å². The molecule has 0 aliphatic heterocycles. The number of esters is 1. The maximum absolute atomic E-state index is 13.7. The number of ether oxygens (including phenoxy) is 3. The Kier molecular flexibility index (Phi) is 8.41. The third-order valence-corrected chi connectivity index (χ3v) is 5.54. The fourth-order valence-corrected chi connectivity index (χ4v) is 3.64. The predicted molar refractivity (Wildman–Crippen MR) is 127 cm³/mol. The van der Waals surface area contributed by atoms with Gasteiger partial charge >= 0.3 is 5.97 Å². The summed E-state index contributed by atoms with van der Waals surface area (Å²) < 4.78 is 30.5. The number of halogens is 1. The highest BCUT2D eigenvalue weighted by molar-refractivity contribution is 5.99. The Balaban J connectivity index is 1.75. The molecule has 0 spiro atoms. The number of para-hydroxylation sites is 1. The molecule has 0 amide bonds. The van der Waals surface area contributed by atoms with Crippen molar-refractivity contribution in [2.24, 2.45) is 5.92 Å². The third-order valence-electron chi connectivity index (χ3n) is 5.54. The number of rotatable bonds is 10. The predicted octanol–water partition coefficient (Wildman–Crippen LogP) is 5.20. The molecular weight excluding hydrogens is 453 g/mol. The van der Waals surface area contributed by atoms with Crippen molar-refractivity contribution in [2.75, 3.05) is 7.11 Å². The number of carbonyl (C=O) groups is 2. The summed E-state index contributed by atoms with van der Waals surface area (Å²) in [4.78, 5) is 29.4. The Hall–Kier alpha value is -3.94. The first-order valence-electron chi connectivity index (χ1n) is 11.1. The van der Waals surface area contributed by atoms with E-state index >= 15 is 0 Å². The van der Waals surface area contributed by atoms with Gasteiger partial charge in [-0.1, -0.05) is 31.2 Å². The molecule has 0 unspecified atom stereocenters. The molecule has 3 rings (SSSR count). The first-order valence-corrected chi connectivity index (χ1v) is 11.1. The lowest BCUT2D eigenvalue weighted by Crippen LogP contribution is -2.30. The van der Waals surface area contributed by atoms with Crippen LogP contribution < -0.4 is 9.47 Å². The molecule has 0 saturated carbocycles. The van der Waals surface area contributed by atoms with E-state index < -0.39 is 29.9 Å². The Labute approximate surface area is 203 Å². The molecule has 184 valence electrons. The summed E-state index contributed by atoms with van der Waals surface area (Å²) in [6, 6.07) is 14.8. The van der Waals surface area contributed by atoms with Crippen LogP contribution in [0, 0.1) is 18.7 Å². The van der Waals surface area contributed by atoms with E-state index in [1.54, 1.807) is 39.0 Å². The lowest BCUT2D eigenvalue weighted by molar-refractivity contribution is -0.157. The van der Waals surface area contributed by atoms with Gasteiger partial charge in [-0.3, -0.25) is 9.59 Å². The summed E-state index contributed by atoms with van der Waals surface area (Å²) in [6.45, 7) is 4.99. The molecule has 3 atom stereocenters. The van der Waals surface area contributed by atoms with Crippen LogP contribution in [0.5, 0.6) is 17.2 Å². The van der Waals surface area contributed by atoms with Crippen LogP contribution in [0.4, 0.5) is 4.39 Å². The minimum atomic E-state index is -0.816. The molecule has 0 bridgehead atoms. The van der Waals surface area contributed by atoms with Gasteiger partial charge in [-0.15, -0.1) is 0 Å². The number of nitrogens with zero attached hydrogens (tertiary/aromatic N) is 1. The van der Waals surface area contributed by atoms with Crippen LogP contribution in [0.15, 0.2) is 60.8 Å². The van der Waals surface area contributed by atoms with E-state index in [0.29, 0.717) is 16.9 Å². The molecule has 1 heterocycles. The Morgan fingerprint density at radius 3 is 2.46 bits per heavy atom. The van der Waals surface area contributed by atoms with E-state index in [1.165, 1.54) is 31.5 Å². The molecule has 0 aliphatic carbocycles. The number of hydrogen-bond acceptors (Lipinski definition) is 7. The Bertz CT molecular complexity index is 1180. The lowest BCUT2D eigenvalue weighted by atomic mass is 9.99. The highest BCUT2D eigenvalue weighted by Crippen LogP contribution is 2.31. The standard InChI is InChI=1S/C27H28FNO6/c1-16-14-19(28)10-11-21(16)26(35-20-8-6-5-7-9-20)18(3)34-27(32)17(2)15-22(30)24-25(31)23(33-4)12-13-29-24/h5-14,17-18,26,31H,15H2,1-4H3/t17-,18+,26+/m1/s1. The first-order chi connectivity index (χ1) is 16.7. The average Bonchev–Trinajstić information content (AvgIpc) is 2.83. The molecule has 0 fully saturated rings. The molecule has 1 aromatic heterocycles. The van der Waals surface area contributed by atoms with Crippen molar-refractivity contribution in [3.63, 3.8) is 0 Å². The number of aromatic nitrogens is 1. The fraction of sp³-hybridized carbons (Fsp3) is 0.296. The van der Waals surface area contributed by atoms with Gasteiger partial charge in [0.05, 0.1) is 13.0 Å². The van der Waals surface area contributed by atoms with Crippen molar-refractivity contribution in [3.05, 3.63) is 83.4 Å². The molecular formula is C27H28FNO6. The zero-order valence-corrected chi connectivity index (χ0v) is 20.0. The molecule has 8 heteroatoms. The zero-order valence-electron chi connectivity index (χ0n) is 20.0. The average molecular weight is 482 g/mol. The van der Waals surface area contributed by atoms with E-state index in [2.05, 4.69) is 4.98 Å². The normalized spacial score (nSPS) is 13.4. The smallest absolute Gasteiger partial charge is 0.309 e. The van der Waals surface area contributed by atoms with Gasteiger partial charge < -0.3 is 19.3 Å². The Morgan fingerprint density at radius 2 is 1.80 bits per heavy atom. The minimum absolute atomic E-state index is 0.114. The second kappa shape index (κ2) is 11.5. The summed E-state index contributed by atoms with van der Waals surface area (Å²) in [5, 5.41) is 10.2. The zero-order chi connectivity index (χ0) is 25.5. The van der Waals surface area contributed by atoms with E-state index in [9.17, 15) is 19.1 Å². The number of aryl methyl sites for hydroxylation is 1. The second-order valence-corrected chi connectivity index (χ2v) is 8.23. The number of methoxy groups -OCH3 is 1. The molecule has 1 N–H and O–H groups in total. The summed E-state index contributed by atoms with van der Waals surface area (Å²) in [5.41, 5.74) is 1.14. The van der Waals surface area contributed by atoms with Gasteiger partial charge in [-0.25, -0.2) is 9.37 Å². The van der Waals surface area contributed by atoms with Gasteiger partial charge in [0.2, 0.25) is 0 Å². The quantitative estimate of drug-likeness (QED) is 0.314. The van der Waals surface area contributed by atoms with Crippen molar-refractivity contribution in [1.29, 1.82) is 0 Å². The fourth-order valence-electron chi connectivity index (χ4n) is 3.64. The molecule has 35 heavy (non-hydrogen) atoms. The van der Waals surface area contributed by atoms with Crippen LogP contribution in [0.1, 0.15) is 48.0 Å². The maximum Gasteiger partial charge on any atom is 0.309 e.